The molecule has 0 saturated carbocycles. The van der Waals surface area contributed by atoms with E-state index >= 15 is 0 Å². The van der Waals surface area contributed by atoms with Crippen LogP contribution in [0.15, 0.2) is 48.0 Å². The summed E-state index contributed by atoms with van der Waals surface area (Å²) in [6.45, 7) is 0.814. The van der Waals surface area contributed by atoms with Gasteiger partial charge in [-0.25, -0.2) is 4.39 Å². The van der Waals surface area contributed by atoms with Gasteiger partial charge in [-0.1, -0.05) is 6.07 Å². The Kier molecular flexibility index (Phi) is 6.14. The lowest BCUT2D eigenvalue weighted by atomic mass is 9.94. The van der Waals surface area contributed by atoms with Gasteiger partial charge in [0, 0.05) is 18.7 Å². The minimum Gasteiger partial charge on any atom is -0.507 e. The number of aliphatic hydroxyl groups excluding tert-OH is 1. The smallest absolute Gasteiger partial charge is 0.295 e. The molecule has 2 heterocycles. The summed E-state index contributed by atoms with van der Waals surface area (Å²) in [5.74, 6) is -1.44. The molecule has 2 saturated heterocycles. The quantitative estimate of drug-likeness (QED) is 0.420. The third kappa shape index (κ3) is 3.93. The number of benzene rings is 2. The Morgan fingerprint density at radius 3 is 2.47 bits per heavy atom. The number of amides is 1. The molecule has 7 nitrogen and oxygen atoms in total. The number of methoxy groups -OCH3 is 2. The molecular weight excluding hydrogens is 417 g/mol. The highest BCUT2D eigenvalue weighted by Crippen LogP contribution is 2.42. The zero-order valence-electron chi connectivity index (χ0n) is 17.8. The van der Waals surface area contributed by atoms with Gasteiger partial charge in [0.2, 0.25) is 0 Å². The van der Waals surface area contributed by atoms with E-state index in [2.05, 4.69) is 0 Å². The zero-order valence-corrected chi connectivity index (χ0v) is 17.8. The Balaban J connectivity index is 1.85. The molecule has 0 aromatic heterocycles. The first-order valence-corrected chi connectivity index (χ1v) is 10.3. The molecule has 32 heavy (non-hydrogen) atoms. The molecule has 2 unspecified atom stereocenters. The molecule has 0 spiro atoms. The number of aliphatic hydroxyl groups is 1. The van der Waals surface area contributed by atoms with Gasteiger partial charge in [0.1, 0.15) is 11.6 Å². The Morgan fingerprint density at radius 2 is 1.84 bits per heavy atom. The number of likely N-dealkylation sites (tertiary alicyclic amines) is 1. The highest BCUT2D eigenvalue weighted by atomic mass is 19.1. The predicted molar refractivity (Wildman–Crippen MR) is 114 cm³/mol. The number of hydrogen-bond acceptors (Lipinski definition) is 6. The molecule has 1 N–H and O–H groups in total. The van der Waals surface area contributed by atoms with Crippen molar-refractivity contribution in [3.8, 4) is 11.5 Å². The maximum absolute atomic E-state index is 13.4. The Morgan fingerprint density at radius 1 is 1.12 bits per heavy atom. The van der Waals surface area contributed by atoms with Crippen molar-refractivity contribution in [2.45, 2.75) is 25.0 Å². The van der Waals surface area contributed by atoms with E-state index < -0.39 is 23.5 Å². The molecule has 4 rings (SSSR count). The molecule has 2 aliphatic heterocycles. The summed E-state index contributed by atoms with van der Waals surface area (Å²) in [4.78, 5) is 27.5. The highest BCUT2D eigenvalue weighted by Gasteiger charge is 2.47. The number of ketones is 1. The maximum Gasteiger partial charge on any atom is 0.295 e. The normalized spacial score (nSPS) is 22.4. The number of nitrogens with zero attached hydrogens (tertiary/aromatic N) is 1. The number of halogens is 1. The number of carbonyl (C=O) groups excluding carboxylic acids is 2. The standard InChI is InChI=1S/C24H24FNO6/c1-30-18-10-7-15(12-19(18)31-2)21-20(22(27)14-5-8-16(25)9-6-14)23(28)24(29)26(21)13-17-4-3-11-32-17/h5-10,12,17,21,27H,3-4,11,13H2,1-2H3. The van der Waals surface area contributed by atoms with Crippen molar-refractivity contribution >= 4 is 17.4 Å². The summed E-state index contributed by atoms with van der Waals surface area (Å²) in [5.41, 5.74) is 0.752. The molecule has 2 aromatic carbocycles. The summed E-state index contributed by atoms with van der Waals surface area (Å²) >= 11 is 0. The molecule has 0 bridgehead atoms. The van der Waals surface area contributed by atoms with Gasteiger partial charge in [-0.05, 0) is 54.8 Å². The number of ether oxygens (including phenoxy) is 3. The van der Waals surface area contributed by atoms with Gasteiger partial charge in [0.05, 0.1) is 31.9 Å². The van der Waals surface area contributed by atoms with Crippen LogP contribution in [0.2, 0.25) is 0 Å². The number of carbonyl (C=O) groups is 2. The molecule has 0 aliphatic carbocycles. The second kappa shape index (κ2) is 9.00. The molecule has 8 heteroatoms. The van der Waals surface area contributed by atoms with E-state index in [9.17, 15) is 19.1 Å². The highest BCUT2D eigenvalue weighted by molar-refractivity contribution is 6.46. The largest absolute Gasteiger partial charge is 0.507 e. The second-order valence-electron chi connectivity index (χ2n) is 7.71. The first kappa shape index (κ1) is 21.8. The van der Waals surface area contributed by atoms with E-state index in [4.69, 9.17) is 14.2 Å². The third-order valence-corrected chi connectivity index (χ3v) is 5.81. The van der Waals surface area contributed by atoms with Crippen molar-refractivity contribution in [2.75, 3.05) is 27.4 Å². The fraction of sp³-hybridized carbons (Fsp3) is 0.333. The average Bonchev–Trinajstić information content (AvgIpc) is 3.41. The fourth-order valence-electron chi connectivity index (χ4n) is 4.21. The van der Waals surface area contributed by atoms with Gasteiger partial charge in [-0.2, -0.15) is 0 Å². The predicted octanol–water partition coefficient (Wildman–Crippen LogP) is 3.44. The third-order valence-electron chi connectivity index (χ3n) is 5.81. The van der Waals surface area contributed by atoms with Crippen LogP contribution in [0, 0.1) is 5.82 Å². The zero-order chi connectivity index (χ0) is 22.8. The van der Waals surface area contributed by atoms with Crippen LogP contribution in [0.5, 0.6) is 11.5 Å². The molecule has 168 valence electrons. The number of Topliss-reactive ketones (excluding diaryl/α,β-unsaturated/α-hetero) is 1. The Hall–Kier alpha value is -3.39. The Bertz CT molecular complexity index is 1060. The van der Waals surface area contributed by atoms with Crippen molar-refractivity contribution in [1.29, 1.82) is 0 Å². The lowest BCUT2D eigenvalue weighted by Crippen LogP contribution is -2.36. The summed E-state index contributed by atoms with van der Waals surface area (Å²) in [6, 6.07) is 9.32. The van der Waals surface area contributed by atoms with Crippen molar-refractivity contribution < 1.29 is 33.3 Å². The SMILES string of the molecule is COc1ccc(C2C(=C(O)c3ccc(F)cc3)C(=O)C(=O)N2CC2CCCO2)cc1OC. The summed E-state index contributed by atoms with van der Waals surface area (Å²) in [7, 11) is 3.00. The minimum absolute atomic E-state index is 0.0631. The molecule has 1 amide bonds. The van der Waals surface area contributed by atoms with Gasteiger partial charge < -0.3 is 24.2 Å². The first-order valence-electron chi connectivity index (χ1n) is 10.3. The minimum atomic E-state index is -0.857. The van der Waals surface area contributed by atoms with Crippen LogP contribution in [-0.2, 0) is 14.3 Å². The van der Waals surface area contributed by atoms with Crippen LogP contribution in [0.4, 0.5) is 4.39 Å². The van der Waals surface area contributed by atoms with E-state index in [0.717, 1.165) is 12.8 Å². The van der Waals surface area contributed by atoms with Crippen LogP contribution < -0.4 is 9.47 Å². The number of rotatable bonds is 6. The lowest BCUT2D eigenvalue weighted by Gasteiger charge is -2.28. The summed E-state index contributed by atoms with van der Waals surface area (Å²) in [6.07, 6.45) is 1.46. The fourth-order valence-corrected chi connectivity index (χ4v) is 4.21. The van der Waals surface area contributed by atoms with Crippen molar-refractivity contribution in [2.24, 2.45) is 0 Å². The van der Waals surface area contributed by atoms with Crippen LogP contribution in [0.3, 0.4) is 0 Å². The topological polar surface area (TPSA) is 85.3 Å². The first-order chi connectivity index (χ1) is 15.4. The van der Waals surface area contributed by atoms with Gasteiger partial charge in [0.15, 0.2) is 11.5 Å². The van der Waals surface area contributed by atoms with Crippen LogP contribution >= 0.6 is 0 Å². The van der Waals surface area contributed by atoms with Crippen molar-refractivity contribution in [1.82, 2.24) is 4.90 Å². The van der Waals surface area contributed by atoms with E-state index in [1.165, 1.54) is 43.4 Å². The van der Waals surface area contributed by atoms with Crippen LogP contribution in [0.1, 0.15) is 30.0 Å². The van der Waals surface area contributed by atoms with Crippen LogP contribution in [-0.4, -0.2) is 55.2 Å². The van der Waals surface area contributed by atoms with Gasteiger partial charge in [0.25, 0.3) is 11.7 Å². The van der Waals surface area contributed by atoms with Gasteiger partial charge in [-0.15, -0.1) is 0 Å². The van der Waals surface area contributed by atoms with E-state index in [0.29, 0.717) is 23.7 Å². The molecule has 2 fully saturated rings. The Labute approximate surface area is 185 Å². The van der Waals surface area contributed by atoms with Gasteiger partial charge >= 0.3 is 0 Å². The maximum atomic E-state index is 13.4. The molecular formula is C24H24FNO6. The second-order valence-corrected chi connectivity index (χ2v) is 7.71. The number of hydrogen-bond donors (Lipinski definition) is 1. The summed E-state index contributed by atoms with van der Waals surface area (Å²) < 4.78 is 29.8. The van der Waals surface area contributed by atoms with Crippen molar-refractivity contribution in [3.05, 3.63) is 65.0 Å². The molecule has 2 aliphatic rings. The van der Waals surface area contributed by atoms with E-state index in [1.54, 1.807) is 18.2 Å². The molecule has 0 radical (unpaired) electrons. The monoisotopic (exact) mass is 441 g/mol. The van der Waals surface area contributed by atoms with Crippen LogP contribution in [0.25, 0.3) is 5.76 Å². The summed E-state index contributed by atoms with van der Waals surface area (Å²) in [5, 5.41) is 11.0. The van der Waals surface area contributed by atoms with Gasteiger partial charge in [-0.3, -0.25) is 9.59 Å². The van der Waals surface area contributed by atoms with E-state index in [1.807, 2.05) is 0 Å². The average molecular weight is 441 g/mol. The van der Waals surface area contributed by atoms with E-state index in [-0.39, 0.29) is 29.5 Å². The van der Waals surface area contributed by atoms with Crippen molar-refractivity contribution in [3.63, 3.8) is 0 Å². The lowest BCUT2D eigenvalue weighted by molar-refractivity contribution is -0.140. The molecule has 2 aromatic rings. The molecule has 2 atom stereocenters.